The topological polar surface area (TPSA) is 113 Å². The molecule has 7 heteroatoms. The monoisotopic (exact) mass is 482 g/mol. The van der Waals surface area contributed by atoms with Gasteiger partial charge in [0.1, 0.15) is 5.78 Å². The molecule has 0 fully saturated rings. The smallest absolute Gasteiger partial charge is 0.303 e. The van der Waals surface area contributed by atoms with Crippen molar-refractivity contribution >= 4 is 23.6 Å². The predicted octanol–water partition coefficient (Wildman–Crippen LogP) is 5.69. The van der Waals surface area contributed by atoms with Crippen molar-refractivity contribution in [2.24, 2.45) is 0 Å². The lowest BCUT2D eigenvalue weighted by atomic mass is 10.0. The van der Waals surface area contributed by atoms with Crippen molar-refractivity contribution in [1.82, 2.24) is 10.6 Å². The minimum atomic E-state index is -0.692. The minimum Gasteiger partial charge on any atom is -0.481 e. The summed E-state index contributed by atoms with van der Waals surface area (Å²) in [6.07, 6.45) is 18.2. The van der Waals surface area contributed by atoms with E-state index in [1.165, 1.54) is 44.9 Å². The minimum absolute atomic E-state index is 0.0485. The molecule has 0 aliphatic carbocycles. The van der Waals surface area contributed by atoms with Crippen molar-refractivity contribution in [3.63, 3.8) is 0 Å². The summed E-state index contributed by atoms with van der Waals surface area (Å²) >= 11 is 0. The number of unbranched alkanes of at least 4 members (excludes halogenated alkanes) is 12. The predicted molar refractivity (Wildman–Crippen MR) is 137 cm³/mol. The molecule has 0 unspecified atom stereocenters. The average Bonchev–Trinajstić information content (AvgIpc) is 2.79. The first-order valence-electron chi connectivity index (χ1n) is 13.7. The summed E-state index contributed by atoms with van der Waals surface area (Å²) in [5.41, 5.74) is 0. The highest BCUT2D eigenvalue weighted by atomic mass is 16.4. The molecule has 0 aromatic rings. The molecule has 0 aliphatic heterocycles. The van der Waals surface area contributed by atoms with Gasteiger partial charge in [-0.05, 0) is 39.0 Å². The number of rotatable bonds is 25. The Kier molecular flexibility index (Phi) is 22.8. The SMILES string of the molecule is CCNC(=O)CCCCC(=O)CCCNC(=O)CCCCCCCCCCCCCCC(=O)O. The third-order valence-corrected chi connectivity index (χ3v) is 5.98. The van der Waals surface area contributed by atoms with Gasteiger partial charge in [-0.15, -0.1) is 0 Å². The molecule has 3 N–H and O–H groups in total. The van der Waals surface area contributed by atoms with E-state index in [4.69, 9.17) is 5.11 Å². The lowest BCUT2D eigenvalue weighted by molar-refractivity contribution is -0.137. The van der Waals surface area contributed by atoms with Crippen LogP contribution in [0, 0.1) is 0 Å². The summed E-state index contributed by atoms with van der Waals surface area (Å²) in [4.78, 5) is 45.5. The Morgan fingerprint density at radius 3 is 1.38 bits per heavy atom. The van der Waals surface area contributed by atoms with Gasteiger partial charge in [-0.3, -0.25) is 19.2 Å². The van der Waals surface area contributed by atoms with Crippen molar-refractivity contribution in [1.29, 1.82) is 0 Å². The Morgan fingerprint density at radius 1 is 0.500 bits per heavy atom. The largest absolute Gasteiger partial charge is 0.481 e. The molecule has 0 aromatic heterocycles. The first-order valence-corrected chi connectivity index (χ1v) is 13.7. The van der Waals surface area contributed by atoms with Gasteiger partial charge in [0.05, 0.1) is 0 Å². The van der Waals surface area contributed by atoms with E-state index in [9.17, 15) is 19.2 Å². The van der Waals surface area contributed by atoms with Gasteiger partial charge < -0.3 is 15.7 Å². The van der Waals surface area contributed by atoms with Gasteiger partial charge in [0.2, 0.25) is 11.8 Å². The molecule has 0 rings (SSSR count). The number of carbonyl (C=O) groups excluding carboxylic acids is 3. The van der Waals surface area contributed by atoms with Crippen LogP contribution in [0.3, 0.4) is 0 Å². The lowest BCUT2D eigenvalue weighted by Gasteiger charge is -2.06. The number of ketones is 1. The van der Waals surface area contributed by atoms with Crippen molar-refractivity contribution in [3.05, 3.63) is 0 Å². The molecule has 0 heterocycles. The maximum absolute atomic E-state index is 11.9. The highest BCUT2D eigenvalue weighted by Gasteiger charge is 2.05. The molecule has 2 amide bonds. The van der Waals surface area contributed by atoms with E-state index < -0.39 is 5.97 Å². The number of carboxylic acid groups (broad SMARTS) is 1. The zero-order chi connectivity index (χ0) is 25.3. The van der Waals surface area contributed by atoms with Crippen LogP contribution in [0.4, 0.5) is 0 Å². The fourth-order valence-electron chi connectivity index (χ4n) is 3.95. The van der Waals surface area contributed by atoms with E-state index in [0.29, 0.717) is 51.6 Å². The van der Waals surface area contributed by atoms with Gasteiger partial charge in [-0.2, -0.15) is 0 Å². The summed E-state index contributed by atoms with van der Waals surface area (Å²) in [5.74, 6) is -0.353. The molecule has 34 heavy (non-hydrogen) atoms. The van der Waals surface area contributed by atoms with E-state index >= 15 is 0 Å². The lowest BCUT2D eigenvalue weighted by Crippen LogP contribution is -2.24. The molecular formula is C27H50N2O5. The Labute approximate surface area is 207 Å². The number of hydrogen-bond donors (Lipinski definition) is 3. The fourth-order valence-corrected chi connectivity index (χ4v) is 3.95. The van der Waals surface area contributed by atoms with Crippen molar-refractivity contribution in [3.8, 4) is 0 Å². The number of amides is 2. The van der Waals surface area contributed by atoms with Crippen molar-refractivity contribution in [2.75, 3.05) is 13.1 Å². The maximum atomic E-state index is 11.9. The van der Waals surface area contributed by atoms with E-state index in [1.54, 1.807) is 0 Å². The molecule has 0 bridgehead atoms. The number of aliphatic carboxylic acids is 1. The second-order valence-electron chi connectivity index (χ2n) is 9.29. The van der Waals surface area contributed by atoms with Gasteiger partial charge in [-0.25, -0.2) is 0 Å². The summed E-state index contributed by atoms with van der Waals surface area (Å²) < 4.78 is 0. The molecule has 0 atom stereocenters. The van der Waals surface area contributed by atoms with Crippen LogP contribution in [0.15, 0.2) is 0 Å². The van der Waals surface area contributed by atoms with Gasteiger partial charge in [-0.1, -0.05) is 64.2 Å². The molecule has 198 valence electrons. The molecule has 0 aromatic carbocycles. The number of hydrogen-bond acceptors (Lipinski definition) is 4. The first-order chi connectivity index (χ1) is 16.5. The summed E-state index contributed by atoms with van der Waals surface area (Å²) in [7, 11) is 0. The molecule has 0 aliphatic rings. The second-order valence-corrected chi connectivity index (χ2v) is 9.29. The number of carboxylic acids is 1. The Balaban J connectivity index is 3.32. The van der Waals surface area contributed by atoms with Crippen LogP contribution in [0.25, 0.3) is 0 Å². The van der Waals surface area contributed by atoms with Crippen molar-refractivity contribution < 1.29 is 24.3 Å². The fraction of sp³-hybridized carbons (Fsp3) is 0.852. The molecule has 0 spiro atoms. The van der Waals surface area contributed by atoms with E-state index in [2.05, 4.69) is 10.6 Å². The van der Waals surface area contributed by atoms with Gasteiger partial charge in [0, 0.05) is 45.2 Å². The van der Waals surface area contributed by atoms with E-state index in [-0.39, 0.29) is 17.6 Å². The molecular weight excluding hydrogens is 432 g/mol. The van der Waals surface area contributed by atoms with Gasteiger partial charge in [0.25, 0.3) is 0 Å². The van der Waals surface area contributed by atoms with Crippen LogP contribution in [0.2, 0.25) is 0 Å². The van der Waals surface area contributed by atoms with Crippen LogP contribution in [0.5, 0.6) is 0 Å². The van der Waals surface area contributed by atoms with Crippen LogP contribution < -0.4 is 10.6 Å². The maximum Gasteiger partial charge on any atom is 0.303 e. The zero-order valence-electron chi connectivity index (χ0n) is 21.6. The molecule has 0 radical (unpaired) electrons. The summed E-state index contributed by atoms with van der Waals surface area (Å²) in [6.45, 7) is 3.10. The van der Waals surface area contributed by atoms with Gasteiger partial charge in [0.15, 0.2) is 0 Å². The Morgan fingerprint density at radius 2 is 0.882 bits per heavy atom. The highest BCUT2D eigenvalue weighted by Crippen LogP contribution is 2.13. The number of Topliss-reactive ketones (excluding diaryl/α,β-unsaturated/α-hetero) is 1. The van der Waals surface area contributed by atoms with E-state index in [1.807, 2.05) is 6.92 Å². The van der Waals surface area contributed by atoms with Crippen LogP contribution in [-0.2, 0) is 19.2 Å². The average molecular weight is 483 g/mol. The van der Waals surface area contributed by atoms with Crippen molar-refractivity contribution in [2.45, 2.75) is 135 Å². The Hall–Kier alpha value is -1.92. The third-order valence-electron chi connectivity index (χ3n) is 5.98. The van der Waals surface area contributed by atoms with E-state index in [0.717, 1.165) is 44.9 Å². The Bertz CT molecular complexity index is 551. The molecule has 0 saturated heterocycles. The zero-order valence-corrected chi connectivity index (χ0v) is 21.6. The second kappa shape index (κ2) is 24.2. The quantitative estimate of drug-likeness (QED) is 0.145. The van der Waals surface area contributed by atoms with Crippen LogP contribution >= 0.6 is 0 Å². The number of carbonyl (C=O) groups is 4. The van der Waals surface area contributed by atoms with Crippen LogP contribution in [-0.4, -0.2) is 41.8 Å². The molecule has 7 nitrogen and oxygen atoms in total. The third kappa shape index (κ3) is 24.7. The highest BCUT2D eigenvalue weighted by molar-refractivity contribution is 5.79. The normalized spacial score (nSPS) is 10.7. The van der Waals surface area contributed by atoms with Gasteiger partial charge >= 0.3 is 5.97 Å². The van der Waals surface area contributed by atoms with Crippen LogP contribution in [0.1, 0.15) is 135 Å². The summed E-state index contributed by atoms with van der Waals surface area (Å²) in [6, 6.07) is 0. The first kappa shape index (κ1) is 32.1. The number of nitrogens with one attached hydrogen (secondary N) is 2. The molecule has 0 saturated carbocycles. The summed E-state index contributed by atoms with van der Waals surface area (Å²) in [5, 5.41) is 14.3. The standard InChI is InChI=1S/C27H50N2O5/c1-2-28-25(31)21-16-15-18-24(30)19-17-23-29-26(32)20-13-11-9-7-5-3-4-6-8-10-12-14-22-27(33)34/h2-23H2,1H3,(H,28,31)(H,29,32)(H,33,34).